The largest absolute Gasteiger partial charge is 0.356 e. The Hall–Kier alpha value is -1.88. The van der Waals surface area contributed by atoms with E-state index in [2.05, 4.69) is 55.1 Å². The summed E-state index contributed by atoms with van der Waals surface area (Å²) in [5, 5.41) is 1.16. The van der Waals surface area contributed by atoms with Crippen molar-refractivity contribution < 1.29 is 0 Å². The van der Waals surface area contributed by atoms with Gasteiger partial charge in [0.2, 0.25) is 0 Å². The number of H-pyrrole nitrogens is 1. The highest BCUT2D eigenvalue weighted by Crippen LogP contribution is 2.28. The highest BCUT2D eigenvalue weighted by atomic mass is 79.9. The Morgan fingerprint density at radius 3 is 3.05 bits per heavy atom. The number of piperidine rings is 1. The summed E-state index contributed by atoms with van der Waals surface area (Å²) in [6, 6.07) is 10.5. The van der Waals surface area contributed by atoms with E-state index in [0.29, 0.717) is 5.92 Å². The van der Waals surface area contributed by atoms with E-state index < -0.39 is 0 Å². The van der Waals surface area contributed by atoms with E-state index in [-0.39, 0.29) is 0 Å². The molecule has 1 aliphatic rings. The summed E-state index contributed by atoms with van der Waals surface area (Å²) in [6.07, 6.45) is 6.09. The van der Waals surface area contributed by atoms with E-state index in [9.17, 15) is 0 Å². The van der Waals surface area contributed by atoms with Crippen LogP contribution >= 0.6 is 15.9 Å². The molecule has 0 radical (unpaired) electrons. The lowest BCUT2D eigenvalue weighted by atomic mass is 9.97. The quantitative estimate of drug-likeness (QED) is 0.751. The molecule has 2 aromatic heterocycles. The average molecular weight is 357 g/mol. The number of nitrogens with one attached hydrogen (secondary N) is 1. The Kier molecular flexibility index (Phi) is 3.58. The molecular formula is C17H17BrN4. The zero-order chi connectivity index (χ0) is 14.9. The molecule has 1 unspecified atom stereocenters. The van der Waals surface area contributed by atoms with E-state index in [0.717, 1.165) is 40.1 Å². The monoisotopic (exact) mass is 356 g/mol. The van der Waals surface area contributed by atoms with Crippen LogP contribution in [0.15, 0.2) is 47.2 Å². The lowest BCUT2D eigenvalue weighted by Gasteiger charge is -2.32. The summed E-state index contributed by atoms with van der Waals surface area (Å²) < 4.78 is 1.09. The van der Waals surface area contributed by atoms with Crippen LogP contribution in [0.3, 0.4) is 0 Å². The van der Waals surface area contributed by atoms with Crippen molar-refractivity contribution in [3.8, 4) is 0 Å². The standard InChI is InChI=1S/C17H17BrN4/c18-14-4-5-15-12(10-14)3-6-16(21-15)22-9-1-2-13(11-22)17-19-7-8-20-17/h3-8,10,13H,1-2,9,11H2,(H,19,20). The Balaban J connectivity index is 1.62. The third-order valence-corrected chi connectivity index (χ3v) is 4.78. The van der Waals surface area contributed by atoms with Crippen LogP contribution in [-0.4, -0.2) is 28.0 Å². The first-order chi connectivity index (χ1) is 10.8. The molecule has 1 atom stereocenters. The Morgan fingerprint density at radius 2 is 2.18 bits per heavy atom. The fourth-order valence-electron chi connectivity index (χ4n) is 3.17. The Bertz CT molecular complexity index is 784. The van der Waals surface area contributed by atoms with Gasteiger partial charge in [-0.1, -0.05) is 15.9 Å². The van der Waals surface area contributed by atoms with Gasteiger partial charge in [-0.15, -0.1) is 0 Å². The SMILES string of the molecule is Brc1ccc2nc(N3CCCC(c4ncc[nH]4)C3)ccc2c1. The first-order valence-corrected chi connectivity index (χ1v) is 8.39. The number of aromatic nitrogens is 3. The van der Waals surface area contributed by atoms with Crippen molar-refractivity contribution in [2.45, 2.75) is 18.8 Å². The van der Waals surface area contributed by atoms with Crippen LogP contribution in [0.5, 0.6) is 0 Å². The number of aromatic amines is 1. The van der Waals surface area contributed by atoms with Crippen LogP contribution in [0.1, 0.15) is 24.6 Å². The third kappa shape index (κ3) is 2.61. The smallest absolute Gasteiger partial charge is 0.129 e. The molecule has 5 heteroatoms. The molecule has 0 aliphatic carbocycles. The van der Waals surface area contributed by atoms with Gasteiger partial charge in [-0.25, -0.2) is 9.97 Å². The molecule has 0 bridgehead atoms. The maximum absolute atomic E-state index is 4.83. The summed E-state index contributed by atoms with van der Waals surface area (Å²) in [6.45, 7) is 2.04. The minimum absolute atomic E-state index is 0.464. The zero-order valence-corrected chi connectivity index (χ0v) is 13.8. The predicted octanol–water partition coefficient (Wildman–Crippen LogP) is 4.10. The molecule has 112 valence electrons. The van der Waals surface area contributed by atoms with Gasteiger partial charge in [-0.05, 0) is 43.2 Å². The first-order valence-electron chi connectivity index (χ1n) is 7.60. The van der Waals surface area contributed by atoms with Crippen LogP contribution in [-0.2, 0) is 0 Å². The van der Waals surface area contributed by atoms with Crippen LogP contribution < -0.4 is 4.90 Å². The number of anilines is 1. The minimum atomic E-state index is 0.464. The molecule has 0 spiro atoms. The van der Waals surface area contributed by atoms with Crippen LogP contribution in [0.25, 0.3) is 10.9 Å². The Labute approximate surface area is 137 Å². The van der Waals surface area contributed by atoms with Crippen molar-refractivity contribution in [3.63, 3.8) is 0 Å². The summed E-state index contributed by atoms with van der Waals surface area (Å²) in [5.41, 5.74) is 1.04. The van der Waals surface area contributed by atoms with Crippen molar-refractivity contribution in [3.05, 3.63) is 53.0 Å². The highest BCUT2D eigenvalue weighted by molar-refractivity contribution is 9.10. The van der Waals surface area contributed by atoms with E-state index in [4.69, 9.17) is 4.98 Å². The number of halogens is 1. The summed E-state index contributed by atoms with van der Waals surface area (Å²) in [7, 11) is 0. The molecule has 1 aromatic carbocycles. The number of imidazole rings is 1. The fourth-order valence-corrected chi connectivity index (χ4v) is 3.55. The lowest BCUT2D eigenvalue weighted by molar-refractivity contribution is 0.492. The molecule has 1 saturated heterocycles. The first kappa shape index (κ1) is 13.8. The van der Waals surface area contributed by atoms with Gasteiger partial charge < -0.3 is 9.88 Å². The maximum atomic E-state index is 4.83. The molecule has 1 N–H and O–H groups in total. The average Bonchev–Trinajstić information content (AvgIpc) is 3.09. The van der Waals surface area contributed by atoms with E-state index in [1.165, 1.54) is 12.8 Å². The summed E-state index contributed by atoms with van der Waals surface area (Å²) >= 11 is 3.51. The van der Waals surface area contributed by atoms with Gasteiger partial charge in [0.05, 0.1) is 5.52 Å². The summed E-state index contributed by atoms with van der Waals surface area (Å²) in [4.78, 5) is 14.9. The molecule has 0 saturated carbocycles. The van der Waals surface area contributed by atoms with Gasteiger partial charge in [0.15, 0.2) is 0 Å². The number of fused-ring (bicyclic) bond motifs is 1. The molecular weight excluding hydrogens is 340 g/mol. The third-order valence-electron chi connectivity index (χ3n) is 4.29. The van der Waals surface area contributed by atoms with Crippen LogP contribution in [0.2, 0.25) is 0 Å². The van der Waals surface area contributed by atoms with E-state index in [1.54, 1.807) is 0 Å². The normalized spacial score (nSPS) is 18.8. The Morgan fingerprint density at radius 1 is 1.23 bits per heavy atom. The topological polar surface area (TPSA) is 44.8 Å². The van der Waals surface area contributed by atoms with Crippen LogP contribution in [0.4, 0.5) is 5.82 Å². The molecule has 0 amide bonds. The second-order valence-electron chi connectivity index (χ2n) is 5.77. The number of benzene rings is 1. The van der Waals surface area contributed by atoms with Crippen molar-refractivity contribution in [2.75, 3.05) is 18.0 Å². The predicted molar refractivity (Wildman–Crippen MR) is 92.2 cm³/mol. The van der Waals surface area contributed by atoms with E-state index >= 15 is 0 Å². The second-order valence-corrected chi connectivity index (χ2v) is 6.68. The van der Waals surface area contributed by atoms with Crippen molar-refractivity contribution in [1.82, 2.24) is 15.0 Å². The van der Waals surface area contributed by atoms with Gasteiger partial charge in [-0.3, -0.25) is 0 Å². The second kappa shape index (κ2) is 5.72. The number of pyridine rings is 1. The van der Waals surface area contributed by atoms with E-state index in [1.807, 2.05) is 18.5 Å². The maximum Gasteiger partial charge on any atom is 0.129 e. The number of rotatable bonds is 2. The number of hydrogen-bond acceptors (Lipinski definition) is 3. The molecule has 4 rings (SSSR count). The number of hydrogen-bond donors (Lipinski definition) is 1. The fraction of sp³-hybridized carbons (Fsp3) is 0.294. The van der Waals surface area contributed by atoms with Crippen molar-refractivity contribution in [1.29, 1.82) is 0 Å². The molecule has 1 aliphatic heterocycles. The highest BCUT2D eigenvalue weighted by Gasteiger charge is 2.23. The zero-order valence-electron chi connectivity index (χ0n) is 12.2. The minimum Gasteiger partial charge on any atom is -0.356 e. The molecule has 22 heavy (non-hydrogen) atoms. The van der Waals surface area contributed by atoms with Gasteiger partial charge in [0, 0.05) is 41.3 Å². The van der Waals surface area contributed by atoms with Crippen LogP contribution in [0, 0.1) is 0 Å². The molecule has 4 nitrogen and oxygen atoms in total. The lowest BCUT2D eigenvalue weighted by Crippen LogP contribution is -2.35. The van der Waals surface area contributed by atoms with Gasteiger partial charge >= 0.3 is 0 Å². The van der Waals surface area contributed by atoms with Gasteiger partial charge in [0.25, 0.3) is 0 Å². The molecule has 1 fully saturated rings. The molecule has 3 aromatic rings. The molecule has 3 heterocycles. The summed E-state index contributed by atoms with van der Waals surface area (Å²) in [5.74, 6) is 2.62. The number of nitrogens with zero attached hydrogens (tertiary/aromatic N) is 3. The van der Waals surface area contributed by atoms with Gasteiger partial charge in [-0.2, -0.15) is 0 Å². The van der Waals surface area contributed by atoms with Gasteiger partial charge in [0.1, 0.15) is 11.6 Å². The van der Waals surface area contributed by atoms with Crippen molar-refractivity contribution in [2.24, 2.45) is 0 Å². The van der Waals surface area contributed by atoms with Crippen molar-refractivity contribution >= 4 is 32.7 Å².